The van der Waals surface area contributed by atoms with Crippen LogP contribution in [0.15, 0.2) is 78.9 Å². The quantitative estimate of drug-likeness (QED) is 0.335. The van der Waals surface area contributed by atoms with E-state index < -0.39 is 53.9 Å². The number of hydrogen-bond acceptors (Lipinski definition) is 5. The van der Waals surface area contributed by atoms with E-state index in [-0.39, 0.29) is 37.1 Å². The van der Waals surface area contributed by atoms with Gasteiger partial charge in [0.2, 0.25) is 17.6 Å². The molecule has 0 radical (unpaired) electrons. The van der Waals surface area contributed by atoms with Crippen LogP contribution in [0, 0.1) is 0 Å². The fourth-order valence-corrected chi connectivity index (χ4v) is 4.91. The summed E-state index contributed by atoms with van der Waals surface area (Å²) in [6, 6.07) is 18.7. The lowest BCUT2D eigenvalue weighted by Gasteiger charge is -2.28. The third kappa shape index (κ3) is 7.34. The molecule has 2 N–H and O–H groups in total. The SMILES string of the molecule is COc1cccc(C(F)(F)F)c1CN1C(=O)CC[C@@H]1C(=O)NC(Cc1ccccc1)C(=O)C(=O)NCc1ccccc1. The third-order valence-corrected chi connectivity index (χ3v) is 7.05. The van der Waals surface area contributed by atoms with E-state index in [1.807, 2.05) is 6.07 Å². The molecule has 220 valence electrons. The van der Waals surface area contributed by atoms with E-state index in [4.69, 9.17) is 4.74 Å². The van der Waals surface area contributed by atoms with Crippen molar-refractivity contribution < 1.29 is 37.1 Å². The van der Waals surface area contributed by atoms with Crippen LogP contribution in [0.4, 0.5) is 13.2 Å². The summed E-state index contributed by atoms with van der Waals surface area (Å²) >= 11 is 0. The standard InChI is InChI=1S/C31H30F3N3O5/c1-42-26-14-8-13-23(31(32,33)34)22(26)19-37-25(15-16-27(37)38)29(40)36-24(17-20-9-4-2-5-10-20)28(39)30(41)35-18-21-11-6-3-7-12-21/h2-14,24-25H,15-19H2,1H3,(H,35,41)(H,36,40)/t24?,25-/m1/s1. The summed E-state index contributed by atoms with van der Waals surface area (Å²) in [6.07, 6.45) is -4.75. The molecule has 8 nitrogen and oxygen atoms in total. The largest absolute Gasteiger partial charge is 0.496 e. The van der Waals surface area contributed by atoms with Crippen LogP contribution in [0.25, 0.3) is 0 Å². The lowest BCUT2D eigenvalue weighted by molar-refractivity contribution is -0.142. The number of ketones is 1. The number of hydrogen-bond donors (Lipinski definition) is 2. The summed E-state index contributed by atoms with van der Waals surface area (Å²) in [5, 5.41) is 5.16. The molecule has 0 aromatic heterocycles. The molecule has 0 saturated carbocycles. The van der Waals surface area contributed by atoms with Gasteiger partial charge in [0.15, 0.2) is 0 Å². The average Bonchev–Trinajstić information content (AvgIpc) is 3.35. The molecule has 11 heteroatoms. The van der Waals surface area contributed by atoms with Gasteiger partial charge in [-0.2, -0.15) is 13.2 Å². The first-order chi connectivity index (χ1) is 20.1. The lowest BCUT2D eigenvalue weighted by Crippen LogP contribution is -2.53. The van der Waals surface area contributed by atoms with Crippen molar-refractivity contribution in [2.75, 3.05) is 7.11 Å². The first-order valence-electron chi connectivity index (χ1n) is 13.3. The van der Waals surface area contributed by atoms with E-state index in [1.54, 1.807) is 54.6 Å². The van der Waals surface area contributed by atoms with Crippen molar-refractivity contribution in [2.45, 2.75) is 50.6 Å². The minimum Gasteiger partial charge on any atom is -0.496 e. The van der Waals surface area contributed by atoms with Crippen molar-refractivity contribution >= 4 is 23.5 Å². The van der Waals surface area contributed by atoms with Gasteiger partial charge in [-0.25, -0.2) is 0 Å². The maximum Gasteiger partial charge on any atom is 0.416 e. The van der Waals surface area contributed by atoms with Crippen molar-refractivity contribution in [3.05, 3.63) is 101 Å². The zero-order valence-corrected chi connectivity index (χ0v) is 22.8. The highest BCUT2D eigenvalue weighted by Crippen LogP contribution is 2.37. The predicted octanol–water partition coefficient (Wildman–Crippen LogP) is 3.82. The number of carbonyl (C=O) groups excluding carboxylic acids is 4. The van der Waals surface area contributed by atoms with Gasteiger partial charge in [0.25, 0.3) is 5.91 Å². The van der Waals surface area contributed by atoms with Gasteiger partial charge in [0.05, 0.1) is 19.2 Å². The van der Waals surface area contributed by atoms with Crippen molar-refractivity contribution in [3.63, 3.8) is 0 Å². The van der Waals surface area contributed by atoms with Crippen LogP contribution in [-0.4, -0.2) is 47.6 Å². The van der Waals surface area contributed by atoms with Crippen LogP contribution in [0.5, 0.6) is 5.75 Å². The average molecular weight is 582 g/mol. The number of Topliss-reactive ketones (excluding diaryl/α,β-unsaturated/α-hetero) is 1. The zero-order valence-electron chi connectivity index (χ0n) is 22.8. The van der Waals surface area contributed by atoms with Gasteiger partial charge >= 0.3 is 6.18 Å². The number of likely N-dealkylation sites (tertiary alicyclic amines) is 1. The van der Waals surface area contributed by atoms with Gasteiger partial charge in [-0.15, -0.1) is 0 Å². The highest BCUT2D eigenvalue weighted by atomic mass is 19.4. The number of ether oxygens (including phenoxy) is 1. The molecular weight excluding hydrogens is 551 g/mol. The third-order valence-electron chi connectivity index (χ3n) is 7.05. The van der Waals surface area contributed by atoms with Crippen molar-refractivity contribution in [1.82, 2.24) is 15.5 Å². The molecule has 4 rings (SSSR count). The Morgan fingerprint density at radius 1 is 0.952 bits per heavy atom. The monoisotopic (exact) mass is 581 g/mol. The molecular formula is C31H30F3N3O5. The van der Waals surface area contributed by atoms with Crippen LogP contribution < -0.4 is 15.4 Å². The summed E-state index contributed by atoms with van der Waals surface area (Å²) in [5.74, 6) is -3.11. The zero-order chi connectivity index (χ0) is 30.3. The van der Waals surface area contributed by atoms with Gasteiger partial charge < -0.3 is 20.3 Å². The van der Waals surface area contributed by atoms with E-state index in [0.29, 0.717) is 5.56 Å². The summed E-state index contributed by atoms with van der Waals surface area (Å²) < 4.78 is 46.5. The fourth-order valence-electron chi connectivity index (χ4n) is 4.91. The Balaban J connectivity index is 1.54. The normalized spacial score (nSPS) is 15.7. The molecule has 42 heavy (non-hydrogen) atoms. The Morgan fingerprint density at radius 3 is 2.21 bits per heavy atom. The maximum absolute atomic E-state index is 13.8. The molecule has 3 aromatic rings. The topological polar surface area (TPSA) is 105 Å². The molecule has 1 unspecified atom stereocenters. The maximum atomic E-state index is 13.8. The Morgan fingerprint density at radius 2 is 1.60 bits per heavy atom. The molecule has 1 aliphatic rings. The van der Waals surface area contributed by atoms with Gasteiger partial charge in [0.1, 0.15) is 17.8 Å². The van der Waals surface area contributed by atoms with E-state index in [1.165, 1.54) is 19.2 Å². The van der Waals surface area contributed by atoms with Crippen LogP contribution in [0.1, 0.15) is 35.1 Å². The molecule has 1 fully saturated rings. The number of nitrogens with zero attached hydrogens (tertiary/aromatic N) is 1. The highest BCUT2D eigenvalue weighted by molar-refractivity contribution is 6.38. The minimum absolute atomic E-state index is 0.00440. The molecule has 2 atom stereocenters. The number of carbonyl (C=O) groups is 4. The predicted molar refractivity (Wildman–Crippen MR) is 147 cm³/mol. The smallest absolute Gasteiger partial charge is 0.416 e. The summed E-state index contributed by atoms with van der Waals surface area (Å²) in [7, 11) is 1.22. The van der Waals surface area contributed by atoms with Gasteiger partial charge in [-0.05, 0) is 29.7 Å². The second-order valence-electron chi connectivity index (χ2n) is 9.84. The van der Waals surface area contributed by atoms with Crippen LogP contribution in [0.2, 0.25) is 0 Å². The minimum atomic E-state index is -4.72. The Kier molecular flexibility index (Phi) is 9.61. The molecule has 0 aliphatic carbocycles. The van der Waals surface area contributed by atoms with Crippen molar-refractivity contribution in [2.24, 2.45) is 0 Å². The molecule has 0 spiro atoms. The lowest BCUT2D eigenvalue weighted by atomic mass is 10.0. The summed E-state index contributed by atoms with van der Waals surface area (Å²) in [4.78, 5) is 53.4. The second kappa shape index (κ2) is 13.3. The van der Waals surface area contributed by atoms with E-state index in [9.17, 15) is 32.3 Å². The number of alkyl halides is 3. The summed E-state index contributed by atoms with van der Waals surface area (Å²) in [5.41, 5.74) is 0.192. The molecule has 1 heterocycles. The van der Waals surface area contributed by atoms with Crippen LogP contribution >= 0.6 is 0 Å². The first kappa shape index (κ1) is 30.3. The van der Waals surface area contributed by atoms with Crippen molar-refractivity contribution in [1.29, 1.82) is 0 Å². The molecule has 1 aliphatic heterocycles. The van der Waals surface area contributed by atoms with E-state index in [0.717, 1.165) is 16.5 Å². The van der Waals surface area contributed by atoms with Gasteiger partial charge in [-0.3, -0.25) is 19.2 Å². The summed E-state index contributed by atoms with van der Waals surface area (Å²) in [6.45, 7) is -0.423. The molecule has 1 saturated heterocycles. The fraction of sp³-hybridized carbons (Fsp3) is 0.290. The molecule has 3 aromatic carbocycles. The Bertz CT molecular complexity index is 1430. The second-order valence-corrected chi connectivity index (χ2v) is 9.84. The number of nitrogens with one attached hydrogen (secondary N) is 2. The van der Waals surface area contributed by atoms with Crippen LogP contribution in [0.3, 0.4) is 0 Å². The highest BCUT2D eigenvalue weighted by Gasteiger charge is 2.41. The van der Waals surface area contributed by atoms with Gasteiger partial charge in [-0.1, -0.05) is 66.7 Å². The van der Waals surface area contributed by atoms with Gasteiger partial charge in [0, 0.05) is 24.9 Å². The molecule has 0 bridgehead atoms. The Hall–Kier alpha value is -4.67. The number of rotatable bonds is 11. The first-order valence-corrected chi connectivity index (χ1v) is 13.3. The van der Waals surface area contributed by atoms with Crippen LogP contribution in [-0.2, 0) is 44.9 Å². The number of methoxy groups -OCH3 is 1. The molecule has 3 amide bonds. The van der Waals surface area contributed by atoms with E-state index >= 15 is 0 Å². The number of halogens is 3. The van der Waals surface area contributed by atoms with Crippen molar-refractivity contribution in [3.8, 4) is 5.75 Å². The Labute approximate surface area is 240 Å². The number of amides is 3. The van der Waals surface area contributed by atoms with E-state index in [2.05, 4.69) is 10.6 Å². The number of benzene rings is 3.